The van der Waals surface area contributed by atoms with Crippen molar-refractivity contribution in [3.8, 4) is 0 Å². The van der Waals surface area contributed by atoms with Crippen molar-refractivity contribution >= 4 is 24.3 Å². The number of aromatic amines is 1. The first-order valence-corrected chi connectivity index (χ1v) is 5.80. The molecule has 2 aromatic carbocycles. The van der Waals surface area contributed by atoms with Crippen LogP contribution in [0.5, 0.6) is 0 Å². The fourth-order valence-corrected chi connectivity index (χ4v) is 2.04. The van der Waals surface area contributed by atoms with Crippen molar-refractivity contribution in [2.75, 3.05) is 0 Å². The van der Waals surface area contributed by atoms with Crippen molar-refractivity contribution in [1.29, 1.82) is 0 Å². The van der Waals surface area contributed by atoms with Crippen LogP contribution in [0.1, 0.15) is 11.4 Å². The summed E-state index contributed by atoms with van der Waals surface area (Å²) in [5.74, 6) is 1.02. The highest BCUT2D eigenvalue weighted by Gasteiger charge is 2.03. The summed E-state index contributed by atoms with van der Waals surface area (Å²) < 4.78 is 0. The van der Waals surface area contributed by atoms with Crippen LogP contribution in [0.3, 0.4) is 0 Å². The van der Waals surface area contributed by atoms with E-state index in [1.54, 1.807) is 0 Å². The van der Waals surface area contributed by atoms with E-state index in [4.69, 9.17) is 0 Å². The SMILES string of the molecule is Bc1ccc2[nH]c(Cc3ccccc3)nc2c1. The molecule has 1 N–H and O–H groups in total. The van der Waals surface area contributed by atoms with Gasteiger partial charge in [0.15, 0.2) is 0 Å². The Morgan fingerprint density at radius 2 is 1.88 bits per heavy atom. The van der Waals surface area contributed by atoms with Crippen LogP contribution in [0.2, 0.25) is 0 Å². The maximum absolute atomic E-state index is 4.61. The van der Waals surface area contributed by atoms with E-state index in [0.29, 0.717) is 0 Å². The van der Waals surface area contributed by atoms with E-state index in [-0.39, 0.29) is 0 Å². The summed E-state index contributed by atoms with van der Waals surface area (Å²) >= 11 is 0. The molecule has 0 saturated carbocycles. The molecule has 0 amide bonds. The Labute approximate surface area is 101 Å². The molecule has 1 heterocycles. The number of imidazole rings is 1. The molecule has 0 unspecified atom stereocenters. The van der Waals surface area contributed by atoms with E-state index >= 15 is 0 Å². The number of H-pyrrole nitrogens is 1. The summed E-state index contributed by atoms with van der Waals surface area (Å²) in [6.07, 6.45) is 0.856. The van der Waals surface area contributed by atoms with E-state index in [1.807, 2.05) is 6.07 Å². The minimum Gasteiger partial charge on any atom is -0.342 e. The van der Waals surface area contributed by atoms with Gasteiger partial charge in [-0.1, -0.05) is 41.9 Å². The molecule has 3 aromatic rings. The second kappa shape index (κ2) is 4.09. The molecule has 17 heavy (non-hydrogen) atoms. The summed E-state index contributed by atoms with van der Waals surface area (Å²) in [6.45, 7) is 0. The van der Waals surface area contributed by atoms with Crippen LogP contribution >= 0.6 is 0 Å². The van der Waals surface area contributed by atoms with Gasteiger partial charge < -0.3 is 4.98 Å². The monoisotopic (exact) mass is 220 g/mol. The van der Waals surface area contributed by atoms with E-state index in [0.717, 1.165) is 23.3 Å². The smallest absolute Gasteiger partial charge is 0.139 e. The Bertz CT molecular complexity index is 644. The third-order valence-electron chi connectivity index (χ3n) is 2.90. The minimum absolute atomic E-state index is 0.856. The number of nitrogens with one attached hydrogen (secondary N) is 1. The first kappa shape index (κ1) is 10.1. The molecule has 0 spiro atoms. The summed E-state index contributed by atoms with van der Waals surface area (Å²) in [4.78, 5) is 7.97. The third-order valence-corrected chi connectivity index (χ3v) is 2.90. The number of nitrogens with zero attached hydrogens (tertiary/aromatic N) is 1. The van der Waals surface area contributed by atoms with E-state index in [9.17, 15) is 0 Å². The number of hydrogen-bond acceptors (Lipinski definition) is 1. The lowest BCUT2D eigenvalue weighted by atomic mass is 9.96. The molecule has 2 nitrogen and oxygen atoms in total. The lowest BCUT2D eigenvalue weighted by Gasteiger charge is -1.96. The highest BCUT2D eigenvalue weighted by molar-refractivity contribution is 6.33. The van der Waals surface area contributed by atoms with Crippen molar-refractivity contribution in [2.24, 2.45) is 0 Å². The van der Waals surface area contributed by atoms with Crippen molar-refractivity contribution in [2.45, 2.75) is 6.42 Å². The van der Waals surface area contributed by atoms with Crippen molar-refractivity contribution in [1.82, 2.24) is 9.97 Å². The number of rotatable bonds is 2. The molecule has 0 aliphatic heterocycles. The van der Waals surface area contributed by atoms with Crippen LogP contribution in [0, 0.1) is 0 Å². The highest BCUT2D eigenvalue weighted by Crippen LogP contribution is 2.12. The second-order valence-electron chi connectivity index (χ2n) is 4.37. The Morgan fingerprint density at radius 3 is 2.71 bits per heavy atom. The Kier molecular flexibility index (Phi) is 2.44. The van der Waals surface area contributed by atoms with Gasteiger partial charge in [0.25, 0.3) is 0 Å². The van der Waals surface area contributed by atoms with Gasteiger partial charge in [0.1, 0.15) is 13.7 Å². The molecule has 0 aliphatic carbocycles. The zero-order valence-electron chi connectivity index (χ0n) is 9.77. The molecule has 1 aromatic heterocycles. The molecule has 3 rings (SSSR count). The van der Waals surface area contributed by atoms with Gasteiger partial charge in [-0.25, -0.2) is 4.98 Å². The zero-order valence-corrected chi connectivity index (χ0v) is 9.77. The summed E-state index contributed by atoms with van der Waals surface area (Å²) in [5.41, 5.74) is 4.69. The third kappa shape index (κ3) is 2.09. The Balaban J connectivity index is 1.96. The number of aromatic nitrogens is 2. The Morgan fingerprint density at radius 1 is 1.06 bits per heavy atom. The molecule has 3 heteroatoms. The average Bonchev–Trinajstić information content (AvgIpc) is 2.71. The van der Waals surface area contributed by atoms with Gasteiger partial charge in [-0.3, -0.25) is 0 Å². The fraction of sp³-hybridized carbons (Fsp3) is 0.0714. The predicted octanol–water partition coefficient (Wildman–Crippen LogP) is 1.41. The maximum Gasteiger partial charge on any atom is 0.139 e. The Hall–Kier alpha value is -2.03. The molecule has 0 saturated heterocycles. The summed E-state index contributed by atoms with van der Waals surface area (Å²) in [6, 6.07) is 16.7. The van der Waals surface area contributed by atoms with E-state index in [1.165, 1.54) is 11.0 Å². The van der Waals surface area contributed by atoms with Crippen LogP contribution in [0.4, 0.5) is 0 Å². The van der Waals surface area contributed by atoms with Crippen molar-refractivity contribution < 1.29 is 0 Å². The van der Waals surface area contributed by atoms with Gasteiger partial charge in [0.2, 0.25) is 0 Å². The number of benzene rings is 2. The van der Waals surface area contributed by atoms with Gasteiger partial charge >= 0.3 is 0 Å². The topological polar surface area (TPSA) is 28.7 Å². The molecule has 0 fully saturated rings. The summed E-state index contributed by atoms with van der Waals surface area (Å²) in [7, 11) is 2.09. The molecule has 0 atom stereocenters. The fourth-order valence-electron chi connectivity index (χ4n) is 2.04. The highest BCUT2D eigenvalue weighted by atomic mass is 14.9. The number of fused-ring (bicyclic) bond motifs is 1. The van der Waals surface area contributed by atoms with Crippen molar-refractivity contribution in [3.05, 3.63) is 59.9 Å². The average molecular weight is 220 g/mol. The first-order chi connectivity index (χ1) is 8.31. The van der Waals surface area contributed by atoms with Gasteiger partial charge in [0, 0.05) is 6.42 Å². The second-order valence-corrected chi connectivity index (χ2v) is 4.37. The quantitative estimate of drug-likeness (QED) is 0.650. The molecule has 82 valence electrons. The maximum atomic E-state index is 4.61. The molecule has 0 aliphatic rings. The lowest BCUT2D eigenvalue weighted by molar-refractivity contribution is 1.04. The zero-order chi connectivity index (χ0) is 11.7. The van der Waals surface area contributed by atoms with E-state index in [2.05, 4.69) is 60.3 Å². The molecular weight excluding hydrogens is 207 g/mol. The molecule has 0 radical (unpaired) electrons. The lowest BCUT2D eigenvalue weighted by Crippen LogP contribution is -1.99. The largest absolute Gasteiger partial charge is 0.342 e. The van der Waals surface area contributed by atoms with Gasteiger partial charge in [-0.2, -0.15) is 0 Å². The number of hydrogen-bond donors (Lipinski definition) is 1. The summed E-state index contributed by atoms with van der Waals surface area (Å²) in [5, 5.41) is 0. The molecule has 0 bridgehead atoms. The van der Waals surface area contributed by atoms with Crippen molar-refractivity contribution in [3.63, 3.8) is 0 Å². The van der Waals surface area contributed by atoms with Gasteiger partial charge in [-0.15, -0.1) is 0 Å². The minimum atomic E-state index is 0.856. The first-order valence-electron chi connectivity index (χ1n) is 5.80. The van der Waals surface area contributed by atoms with Crippen LogP contribution < -0.4 is 5.46 Å². The van der Waals surface area contributed by atoms with Crippen LogP contribution in [-0.2, 0) is 6.42 Å². The van der Waals surface area contributed by atoms with Crippen LogP contribution in [-0.4, -0.2) is 17.8 Å². The standard InChI is InChI=1S/C14H13BN2/c15-11-6-7-12-13(9-11)17-14(16-12)8-10-4-2-1-3-5-10/h1-7,9H,8,15H2,(H,16,17). The van der Waals surface area contributed by atoms with Crippen LogP contribution in [0.15, 0.2) is 48.5 Å². The van der Waals surface area contributed by atoms with Gasteiger partial charge in [-0.05, 0) is 17.7 Å². The van der Waals surface area contributed by atoms with Gasteiger partial charge in [0.05, 0.1) is 11.0 Å². The molecular formula is C14H13BN2. The van der Waals surface area contributed by atoms with E-state index < -0.39 is 0 Å². The van der Waals surface area contributed by atoms with Crippen LogP contribution in [0.25, 0.3) is 11.0 Å². The predicted molar refractivity (Wildman–Crippen MR) is 73.5 cm³/mol. The normalized spacial score (nSPS) is 10.8.